The van der Waals surface area contributed by atoms with Crippen molar-refractivity contribution >= 4 is 12.0 Å². The highest BCUT2D eigenvalue weighted by Gasteiger charge is 2.11. The second-order valence-corrected chi connectivity index (χ2v) is 6.02. The van der Waals surface area contributed by atoms with E-state index in [1.165, 1.54) is 11.6 Å². The number of nitriles is 1. The number of benzene rings is 1. The number of hydrogen-bond acceptors (Lipinski definition) is 4. The van der Waals surface area contributed by atoms with Crippen molar-refractivity contribution in [3.63, 3.8) is 0 Å². The zero-order valence-corrected chi connectivity index (χ0v) is 15.6. The molecular weight excluding hydrogens is 326 g/mol. The summed E-state index contributed by atoms with van der Waals surface area (Å²) < 4.78 is 5.75. The average molecular weight is 351 g/mol. The Morgan fingerprint density at radius 1 is 1.19 bits per heavy atom. The number of nitrogens with one attached hydrogen (secondary N) is 1. The molecule has 0 aliphatic carbocycles. The molecule has 0 spiro atoms. The van der Waals surface area contributed by atoms with Crippen LogP contribution in [0.1, 0.15) is 25.2 Å². The molecule has 136 valence electrons. The van der Waals surface area contributed by atoms with E-state index >= 15 is 0 Å². The van der Waals surface area contributed by atoms with E-state index < -0.39 is 0 Å². The van der Waals surface area contributed by atoms with Gasteiger partial charge in [-0.15, -0.1) is 0 Å². The van der Waals surface area contributed by atoms with Gasteiger partial charge in [0.05, 0.1) is 0 Å². The maximum Gasteiger partial charge on any atom is 0.262 e. The highest BCUT2D eigenvalue weighted by Crippen LogP contribution is 2.23. The van der Waals surface area contributed by atoms with Crippen molar-refractivity contribution < 1.29 is 9.21 Å². The number of nitrogens with zero attached hydrogens (tertiary/aromatic N) is 2. The van der Waals surface area contributed by atoms with Gasteiger partial charge in [-0.3, -0.25) is 4.79 Å². The Morgan fingerprint density at radius 3 is 2.50 bits per heavy atom. The lowest BCUT2D eigenvalue weighted by Gasteiger charge is -2.17. The number of furan rings is 1. The van der Waals surface area contributed by atoms with Crippen LogP contribution in [0.25, 0.3) is 17.4 Å². The molecule has 0 atom stereocenters. The molecule has 0 bridgehead atoms. The molecule has 0 aliphatic heterocycles. The second kappa shape index (κ2) is 9.59. The van der Waals surface area contributed by atoms with Gasteiger partial charge in [0.25, 0.3) is 5.91 Å². The molecule has 1 aromatic carbocycles. The number of rotatable bonds is 8. The number of carbonyl (C=O) groups is 1. The SMILES string of the molecule is CCN(CC)CCNC(=O)C(C#N)=Cc1ccc(-c2ccc(C)cc2)o1. The Bertz CT molecular complexity index is 793. The van der Waals surface area contributed by atoms with Crippen LogP contribution >= 0.6 is 0 Å². The third kappa shape index (κ3) is 5.33. The van der Waals surface area contributed by atoms with E-state index in [4.69, 9.17) is 4.42 Å². The first kappa shape index (κ1) is 19.5. The Kier molecular flexibility index (Phi) is 7.19. The number of amides is 1. The maximum absolute atomic E-state index is 12.2. The van der Waals surface area contributed by atoms with E-state index in [2.05, 4.69) is 24.1 Å². The van der Waals surface area contributed by atoms with Gasteiger partial charge in [0.15, 0.2) is 0 Å². The minimum absolute atomic E-state index is 0.0364. The number of aryl methyl sites for hydroxylation is 1. The first-order valence-corrected chi connectivity index (χ1v) is 8.86. The van der Waals surface area contributed by atoms with Gasteiger partial charge in [-0.05, 0) is 32.1 Å². The van der Waals surface area contributed by atoms with Crippen LogP contribution in [0.15, 0.2) is 46.4 Å². The van der Waals surface area contributed by atoms with Gasteiger partial charge in [-0.25, -0.2) is 0 Å². The lowest BCUT2D eigenvalue weighted by Crippen LogP contribution is -2.35. The Morgan fingerprint density at radius 2 is 1.88 bits per heavy atom. The normalized spacial score (nSPS) is 11.4. The lowest BCUT2D eigenvalue weighted by molar-refractivity contribution is -0.117. The quantitative estimate of drug-likeness (QED) is 0.582. The van der Waals surface area contributed by atoms with Gasteiger partial charge in [0.1, 0.15) is 23.2 Å². The van der Waals surface area contributed by atoms with Crippen LogP contribution in [0, 0.1) is 18.3 Å². The van der Waals surface area contributed by atoms with Gasteiger partial charge in [0.2, 0.25) is 0 Å². The molecule has 2 aromatic rings. The smallest absolute Gasteiger partial charge is 0.262 e. The van der Waals surface area contributed by atoms with Gasteiger partial charge in [-0.2, -0.15) is 5.26 Å². The van der Waals surface area contributed by atoms with E-state index in [0.717, 1.165) is 25.2 Å². The molecule has 26 heavy (non-hydrogen) atoms. The predicted octanol–water partition coefficient (Wildman–Crippen LogP) is 3.62. The molecule has 0 saturated carbocycles. The zero-order valence-electron chi connectivity index (χ0n) is 15.6. The van der Waals surface area contributed by atoms with Crippen molar-refractivity contribution in [2.75, 3.05) is 26.2 Å². The standard InChI is InChI=1S/C21H25N3O2/c1-4-24(5-2)13-12-23-21(25)18(15-22)14-19-10-11-20(26-19)17-8-6-16(3)7-9-17/h6-11,14H,4-5,12-13H2,1-3H3,(H,23,25). The molecule has 5 nitrogen and oxygen atoms in total. The summed E-state index contributed by atoms with van der Waals surface area (Å²) >= 11 is 0. The molecule has 1 heterocycles. The molecule has 0 radical (unpaired) electrons. The molecule has 0 aliphatic rings. The van der Waals surface area contributed by atoms with Gasteiger partial charge < -0.3 is 14.6 Å². The third-order valence-corrected chi connectivity index (χ3v) is 4.22. The van der Waals surface area contributed by atoms with Crippen LogP contribution in [0.5, 0.6) is 0 Å². The summed E-state index contributed by atoms with van der Waals surface area (Å²) in [4.78, 5) is 14.4. The van der Waals surface area contributed by atoms with Crippen molar-refractivity contribution in [2.24, 2.45) is 0 Å². The first-order chi connectivity index (χ1) is 12.6. The van der Waals surface area contributed by atoms with Gasteiger partial charge in [-0.1, -0.05) is 43.7 Å². The summed E-state index contributed by atoms with van der Waals surface area (Å²) in [6.45, 7) is 9.31. The fourth-order valence-corrected chi connectivity index (χ4v) is 2.56. The molecular formula is C21H25N3O2. The van der Waals surface area contributed by atoms with Crippen LogP contribution in [0.3, 0.4) is 0 Å². The molecule has 0 unspecified atom stereocenters. The predicted molar refractivity (Wildman–Crippen MR) is 103 cm³/mol. The monoisotopic (exact) mass is 351 g/mol. The van der Waals surface area contributed by atoms with Crippen LogP contribution in [0.4, 0.5) is 0 Å². The van der Waals surface area contributed by atoms with Crippen LogP contribution in [-0.4, -0.2) is 37.0 Å². The van der Waals surface area contributed by atoms with Crippen molar-refractivity contribution in [3.8, 4) is 17.4 Å². The topological polar surface area (TPSA) is 69.3 Å². The van der Waals surface area contributed by atoms with Crippen LogP contribution in [0.2, 0.25) is 0 Å². The average Bonchev–Trinajstić information content (AvgIpc) is 3.12. The van der Waals surface area contributed by atoms with Crippen molar-refractivity contribution in [3.05, 3.63) is 53.3 Å². The molecule has 0 fully saturated rings. The highest BCUT2D eigenvalue weighted by molar-refractivity contribution is 6.01. The fourth-order valence-electron chi connectivity index (χ4n) is 2.56. The second-order valence-electron chi connectivity index (χ2n) is 6.02. The Labute approximate surface area is 154 Å². The van der Waals surface area contributed by atoms with Gasteiger partial charge >= 0.3 is 0 Å². The Balaban J connectivity index is 2.03. The summed E-state index contributed by atoms with van der Waals surface area (Å²) in [5, 5.41) is 12.1. The Hall–Kier alpha value is -2.84. The zero-order chi connectivity index (χ0) is 18.9. The highest BCUT2D eigenvalue weighted by atomic mass is 16.3. The summed E-state index contributed by atoms with van der Waals surface area (Å²) in [5.74, 6) is 0.805. The van der Waals surface area contributed by atoms with E-state index in [0.29, 0.717) is 18.1 Å². The van der Waals surface area contributed by atoms with Crippen molar-refractivity contribution in [2.45, 2.75) is 20.8 Å². The van der Waals surface area contributed by atoms with E-state index in [-0.39, 0.29) is 11.5 Å². The van der Waals surface area contributed by atoms with E-state index in [1.54, 1.807) is 6.07 Å². The molecule has 1 N–H and O–H groups in total. The summed E-state index contributed by atoms with van der Waals surface area (Å²) in [6.07, 6.45) is 1.48. The summed E-state index contributed by atoms with van der Waals surface area (Å²) in [6, 6.07) is 13.5. The van der Waals surface area contributed by atoms with E-state index in [1.807, 2.05) is 43.3 Å². The minimum Gasteiger partial charge on any atom is -0.457 e. The number of hydrogen-bond donors (Lipinski definition) is 1. The summed E-state index contributed by atoms with van der Waals surface area (Å²) in [5.41, 5.74) is 2.17. The molecule has 0 saturated heterocycles. The summed E-state index contributed by atoms with van der Waals surface area (Å²) in [7, 11) is 0. The molecule has 5 heteroatoms. The molecule has 1 aromatic heterocycles. The van der Waals surface area contributed by atoms with Crippen LogP contribution in [-0.2, 0) is 4.79 Å². The lowest BCUT2D eigenvalue weighted by atomic mass is 10.1. The fraction of sp³-hybridized carbons (Fsp3) is 0.333. The first-order valence-electron chi connectivity index (χ1n) is 8.86. The molecule has 1 amide bonds. The van der Waals surface area contributed by atoms with Gasteiger partial charge in [0, 0.05) is 24.7 Å². The largest absolute Gasteiger partial charge is 0.457 e. The number of carbonyl (C=O) groups excluding carboxylic acids is 1. The van der Waals surface area contributed by atoms with E-state index in [9.17, 15) is 10.1 Å². The van der Waals surface area contributed by atoms with Crippen molar-refractivity contribution in [1.29, 1.82) is 5.26 Å². The van der Waals surface area contributed by atoms with Crippen molar-refractivity contribution in [1.82, 2.24) is 10.2 Å². The maximum atomic E-state index is 12.2. The van der Waals surface area contributed by atoms with Crippen LogP contribution < -0.4 is 5.32 Å². The minimum atomic E-state index is -0.382. The third-order valence-electron chi connectivity index (χ3n) is 4.22. The molecule has 2 rings (SSSR count). The number of likely N-dealkylation sites (N-methyl/N-ethyl adjacent to an activating group) is 1.